The third-order valence-corrected chi connectivity index (χ3v) is 15.0. The maximum absolute atomic E-state index is 12.3. The molecule has 0 unspecified atom stereocenters. The fourth-order valence-corrected chi connectivity index (χ4v) is 7.62. The predicted molar refractivity (Wildman–Crippen MR) is 161 cm³/mol. The predicted octanol–water partition coefficient (Wildman–Crippen LogP) is 5.25. The number of carbonyl (C=O) groups excluding carboxylic acids is 1. The van der Waals surface area contributed by atoms with Crippen LogP contribution in [0.1, 0.15) is 15.9 Å². The van der Waals surface area contributed by atoms with Crippen molar-refractivity contribution in [3.05, 3.63) is 59.7 Å². The summed E-state index contributed by atoms with van der Waals surface area (Å²) in [6.45, 7) is 1.44. The number of amides is 1. The molecule has 0 fully saturated rings. The van der Waals surface area contributed by atoms with Gasteiger partial charge in [-0.25, -0.2) is 16.8 Å². The molecule has 0 saturated heterocycles. The summed E-state index contributed by atoms with van der Waals surface area (Å²) in [5.41, 5.74) is 1.06. The van der Waals surface area contributed by atoms with Crippen LogP contribution in [0.5, 0.6) is 0 Å². The van der Waals surface area contributed by atoms with Gasteiger partial charge in [-0.3, -0.25) is 4.79 Å². The lowest BCUT2D eigenvalue weighted by Crippen LogP contribution is -2.36. The van der Waals surface area contributed by atoms with Gasteiger partial charge in [-0.1, -0.05) is 18.2 Å². The Morgan fingerprint density at radius 3 is 1.58 bits per heavy atom. The molecule has 0 atom stereocenters. The Labute approximate surface area is 260 Å². The van der Waals surface area contributed by atoms with E-state index >= 15 is 0 Å². The number of aliphatic hydroxyl groups excluding tert-OH is 2. The molecule has 0 aliphatic carbocycles. The first kappa shape index (κ1) is 34.6. The zero-order valence-electron chi connectivity index (χ0n) is 18.4. The SMILES string of the molecule is Cc1cccc(S(=O)(=O)C(Br)(Br)Br)c1.O=C(c1cccc(S(=O)(=O)C(Br)(Br)Br)c1)N(CCO)CCO. The van der Waals surface area contributed by atoms with E-state index in [0.717, 1.165) is 5.56 Å². The first-order chi connectivity index (χ1) is 16.4. The Bertz CT molecular complexity index is 1250. The highest BCUT2D eigenvalue weighted by Crippen LogP contribution is 2.44. The van der Waals surface area contributed by atoms with Gasteiger partial charge in [0.25, 0.3) is 5.91 Å². The third-order valence-electron chi connectivity index (χ3n) is 4.33. The molecule has 0 aliphatic rings. The van der Waals surface area contributed by atoms with Crippen LogP contribution in [0.2, 0.25) is 0 Å². The highest BCUT2D eigenvalue weighted by Gasteiger charge is 2.38. The highest BCUT2D eigenvalue weighted by molar-refractivity contribution is 9.42. The molecule has 0 heterocycles. The van der Waals surface area contributed by atoms with Gasteiger partial charge in [0, 0.05) is 18.7 Å². The largest absolute Gasteiger partial charge is 0.395 e. The molecule has 0 aliphatic heterocycles. The Hall–Kier alpha value is 0.610. The van der Waals surface area contributed by atoms with Crippen molar-refractivity contribution in [2.24, 2.45) is 0 Å². The van der Waals surface area contributed by atoms with Gasteiger partial charge in [-0.2, -0.15) is 0 Å². The average Bonchev–Trinajstić information content (AvgIpc) is 2.77. The van der Waals surface area contributed by atoms with Gasteiger partial charge in [0.1, 0.15) is 0 Å². The van der Waals surface area contributed by atoms with Crippen LogP contribution in [0.3, 0.4) is 0 Å². The highest BCUT2D eigenvalue weighted by atomic mass is 80.0. The fourth-order valence-electron chi connectivity index (χ4n) is 2.58. The van der Waals surface area contributed by atoms with E-state index in [4.69, 9.17) is 10.2 Å². The van der Waals surface area contributed by atoms with Crippen LogP contribution in [0.4, 0.5) is 0 Å². The molecule has 2 aromatic rings. The summed E-state index contributed by atoms with van der Waals surface area (Å²) in [5, 5.41) is 17.9. The lowest BCUT2D eigenvalue weighted by Gasteiger charge is -2.21. The summed E-state index contributed by atoms with van der Waals surface area (Å²) in [6.07, 6.45) is 0. The van der Waals surface area contributed by atoms with Gasteiger partial charge in [0.15, 0.2) is 0 Å². The van der Waals surface area contributed by atoms with Crippen molar-refractivity contribution in [1.29, 1.82) is 0 Å². The number of aliphatic hydroxyl groups is 2. The molecule has 2 N–H and O–H groups in total. The fraction of sp³-hybridized carbons (Fsp3) is 0.350. The van der Waals surface area contributed by atoms with Crippen LogP contribution in [-0.4, -0.2) is 67.1 Å². The first-order valence-corrected chi connectivity index (χ1v) is 17.4. The number of sulfone groups is 2. The Morgan fingerprint density at radius 1 is 0.778 bits per heavy atom. The Kier molecular flexibility index (Phi) is 13.8. The molecular weight excluding hydrogens is 910 g/mol. The number of rotatable bonds is 7. The number of aryl methyl sites for hydroxylation is 1. The summed E-state index contributed by atoms with van der Waals surface area (Å²) < 4.78 is 45.5. The second-order valence-electron chi connectivity index (χ2n) is 6.98. The summed E-state index contributed by atoms with van der Waals surface area (Å²) in [6, 6.07) is 12.3. The number of hydrogen-bond donors (Lipinski definition) is 2. The molecule has 0 bridgehead atoms. The van der Waals surface area contributed by atoms with Crippen LogP contribution in [0.15, 0.2) is 58.3 Å². The second-order valence-corrected chi connectivity index (χ2v) is 27.8. The number of alkyl halides is 6. The van der Waals surface area contributed by atoms with E-state index in [-0.39, 0.29) is 41.7 Å². The molecule has 202 valence electrons. The monoisotopic (exact) mass is 925 g/mol. The van der Waals surface area contributed by atoms with E-state index in [1.54, 1.807) is 18.2 Å². The zero-order valence-corrected chi connectivity index (χ0v) is 29.6. The van der Waals surface area contributed by atoms with Gasteiger partial charge < -0.3 is 15.1 Å². The number of carbonyl (C=O) groups is 1. The average molecular weight is 931 g/mol. The first-order valence-electron chi connectivity index (χ1n) is 9.70. The van der Waals surface area contributed by atoms with Crippen molar-refractivity contribution in [2.75, 3.05) is 26.3 Å². The summed E-state index contributed by atoms with van der Waals surface area (Å²) in [7, 11) is -7.25. The van der Waals surface area contributed by atoms with Gasteiger partial charge in [0.05, 0.1) is 23.0 Å². The normalized spacial score (nSPS) is 12.5. The van der Waals surface area contributed by atoms with E-state index in [2.05, 4.69) is 95.6 Å². The van der Waals surface area contributed by atoms with Crippen molar-refractivity contribution in [1.82, 2.24) is 4.90 Å². The summed E-state index contributed by atoms with van der Waals surface area (Å²) in [4.78, 5) is 13.8. The zero-order chi connectivity index (χ0) is 27.9. The maximum atomic E-state index is 12.3. The van der Waals surface area contributed by atoms with Crippen LogP contribution in [-0.2, 0) is 19.7 Å². The topological polar surface area (TPSA) is 129 Å². The van der Waals surface area contributed by atoms with Gasteiger partial charge in [-0.15, -0.1) is 0 Å². The minimum Gasteiger partial charge on any atom is -0.395 e. The molecule has 16 heteroatoms. The van der Waals surface area contributed by atoms with E-state index in [9.17, 15) is 21.6 Å². The Morgan fingerprint density at radius 2 is 1.19 bits per heavy atom. The number of hydrogen-bond acceptors (Lipinski definition) is 7. The standard InChI is InChI=1S/C12H14Br3NO5S.C8H7Br3O2S/c13-12(14,15)22(20,21)10-3-1-2-9(8-10)11(19)16(4-6-17)5-7-18;1-6-3-2-4-7(5-6)14(12,13)8(9,10)11/h1-3,8,17-18H,4-7H2;2-5H,1H3. The van der Waals surface area contributed by atoms with Crippen LogP contribution in [0.25, 0.3) is 0 Å². The van der Waals surface area contributed by atoms with E-state index < -0.39 is 28.5 Å². The van der Waals surface area contributed by atoms with Crippen molar-refractivity contribution in [2.45, 2.75) is 19.7 Å². The van der Waals surface area contributed by atoms with Gasteiger partial charge >= 0.3 is 0 Å². The smallest absolute Gasteiger partial charge is 0.254 e. The molecule has 2 rings (SSSR count). The minimum atomic E-state index is -3.80. The van der Waals surface area contributed by atoms with Crippen molar-refractivity contribution in [3.63, 3.8) is 0 Å². The molecule has 8 nitrogen and oxygen atoms in total. The molecule has 36 heavy (non-hydrogen) atoms. The molecule has 0 radical (unpaired) electrons. The van der Waals surface area contributed by atoms with Gasteiger partial charge in [-0.05, 0) is 138 Å². The number of nitrogens with zero attached hydrogens (tertiary/aromatic N) is 1. The summed E-state index contributed by atoms with van der Waals surface area (Å²) in [5.74, 6) is -0.468. The van der Waals surface area contributed by atoms with Crippen LogP contribution >= 0.6 is 95.6 Å². The molecular formula is C20H21Br6NO7S2. The third kappa shape index (κ3) is 9.37. The van der Waals surface area contributed by atoms with Crippen molar-refractivity contribution < 1.29 is 31.8 Å². The van der Waals surface area contributed by atoms with E-state index in [0.29, 0.717) is 0 Å². The molecule has 0 spiro atoms. The van der Waals surface area contributed by atoms with E-state index in [1.165, 1.54) is 29.2 Å². The molecule has 0 aromatic heterocycles. The number of halogens is 6. The van der Waals surface area contributed by atoms with Crippen LogP contribution < -0.4 is 0 Å². The van der Waals surface area contributed by atoms with E-state index in [1.807, 2.05) is 13.0 Å². The lowest BCUT2D eigenvalue weighted by atomic mass is 10.2. The van der Waals surface area contributed by atoms with Crippen LogP contribution in [0, 0.1) is 6.92 Å². The lowest BCUT2D eigenvalue weighted by molar-refractivity contribution is 0.0684. The van der Waals surface area contributed by atoms with Gasteiger partial charge in [0.2, 0.25) is 22.6 Å². The summed E-state index contributed by atoms with van der Waals surface area (Å²) >= 11 is 17.9. The quantitative estimate of drug-likeness (QED) is 0.364. The maximum Gasteiger partial charge on any atom is 0.254 e. The minimum absolute atomic E-state index is 0.0512. The second kappa shape index (κ2) is 14.3. The molecule has 1 amide bonds. The van der Waals surface area contributed by atoms with Crippen molar-refractivity contribution in [3.8, 4) is 0 Å². The molecule has 0 saturated carbocycles. The molecule has 2 aromatic carbocycles. The number of benzene rings is 2. The Balaban J connectivity index is 0.000000397. The van der Waals surface area contributed by atoms with Crippen molar-refractivity contribution >= 4 is 121 Å².